The fraction of sp³-hybridized carbons (Fsp3) is 0.111. The van der Waals surface area contributed by atoms with E-state index in [0.717, 1.165) is 5.56 Å². The molecule has 3 N–H and O–H groups in total. The second-order valence-electron chi connectivity index (χ2n) is 5.43. The number of benzene rings is 2. The largest absolute Gasteiger partial charge is 0.496 e. The van der Waals surface area contributed by atoms with Crippen molar-refractivity contribution in [3.63, 3.8) is 0 Å². The molecule has 1 unspecified atom stereocenters. The maximum absolute atomic E-state index is 11.8. The summed E-state index contributed by atoms with van der Waals surface area (Å²) in [5.74, 6) is 0.511. The normalized spacial score (nSPS) is 12.8. The van der Waals surface area contributed by atoms with Crippen molar-refractivity contribution in [2.75, 3.05) is 7.11 Å². The Morgan fingerprint density at radius 2 is 1.80 bits per heavy atom. The first kappa shape index (κ1) is 17.6. The number of rotatable bonds is 5. The molecule has 0 bridgehead atoms. The van der Waals surface area contributed by atoms with E-state index in [1.54, 1.807) is 23.6 Å². The van der Waals surface area contributed by atoms with Gasteiger partial charge in [0.25, 0.3) is 0 Å². The van der Waals surface area contributed by atoms with E-state index in [1.165, 1.54) is 24.5 Å². The Morgan fingerprint density at radius 3 is 2.44 bits per heavy atom. The van der Waals surface area contributed by atoms with Crippen LogP contribution in [0.4, 0.5) is 0 Å². The van der Waals surface area contributed by atoms with E-state index in [9.17, 15) is 13.5 Å². The van der Waals surface area contributed by atoms with Crippen molar-refractivity contribution >= 4 is 21.4 Å². The van der Waals surface area contributed by atoms with Gasteiger partial charge >= 0.3 is 0 Å². The number of hydrogen-bond acceptors (Lipinski definition) is 5. The molecular formula is C18H17NO4S2. The molecule has 3 aromatic rings. The summed E-state index contributed by atoms with van der Waals surface area (Å²) in [5, 5.41) is 17.6. The summed E-state index contributed by atoms with van der Waals surface area (Å²) in [6.45, 7) is 0. The molecule has 2 aromatic carbocycles. The van der Waals surface area contributed by atoms with Crippen LogP contribution in [-0.2, 0) is 10.0 Å². The first-order valence-electron chi connectivity index (χ1n) is 7.43. The van der Waals surface area contributed by atoms with E-state index in [2.05, 4.69) is 0 Å². The van der Waals surface area contributed by atoms with Gasteiger partial charge in [0.1, 0.15) is 16.7 Å². The Bertz CT molecular complexity index is 981. The van der Waals surface area contributed by atoms with Crippen LogP contribution in [0.5, 0.6) is 5.75 Å². The van der Waals surface area contributed by atoms with E-state index in [-0.39, 0.29) is 4.90 Å². The molecule has 0 spiro atoms. The lowest BCUT2D eigenvalue weighted by Crippen LogP contribution is -2.12. The van der Waals surface area contributed by atoms with Crippen LogP contribution in [0, 0.1) is 0 Å². The van der Waals surface area contributed by atoms with E-state index in [4.69, 9.17) is 9.88 Å². The summed E-state index contributed by atoms with van der Waals surface area (Å²) in [6.07, 6.45) is -0.830. The minimum Gasteiger partial charge on any atom is -0.496 e. The maximum Gasteiger partial charge on any atom is 0.239 e. The van der Waals surface area contributed by atoms with Crippen molar-refractivity contribution in [1.29, 1.82) is 0 Å². The number of primary sulfonamides is 1. The SMILES string of the molecule is COc1ccc(C(O)c2ccccc2)cc1-c1sccc1S(N)(=O)=O. The van der Waals surface area contributed by atoms with Crippen molar-refractivity contribution in [3.8, 4) is 16.2 Å². The minimum atomic E-state index is -3.86. The molecule has 0 fully saturated rings. The molecule has 3 rings (SSSR count). The van der Waals surface area contributed by atoms with Crippen LogP contribution in [0.25, 0.3) is 10.4 Å². The summed E-state index contributed by atoms with van der Waals surface area (Å²) in [7, 11) is -2.35. The summed E-state index contributed by atoms with van der Waals surface area (Å²) >= 11 is 1.25. The molecular weight excluding hydrogens is 358 g/mol. The molecule has 0 aliphatic rings. The molecule has 0 aliphatic heterocycles. The highest BCUT2D eigenvalue weighted by Gasteiger charge is 2.21. The van der Waals surface area contributed by atoms with Crippen LogP contribution >= 0.6 is 11.3 Å². The highest BCUT2D eigenvalue weighted by molar-refractivity contribution is 7.89. The van der Waals surface area contributed by atoms with Crippen LogP contribution in [0.1, 0.15) is 17.2 Å². The fourth-order valence-electron chi connectivity index (χ4n) is 2.62. The van der Waals surface area contributed by atoms with Crippen LogP contribution in [0.2, 0.25) is 0 Å². The van der Waals surface area contributed by atoms with Gasteiger partial charge in [-0.15, -0.1) is 11.3 Å². The van der Waals surface area contributed by atoms with E-state index in [1.807, 2.05) is 30.3 Å². The highest BCUT2D eigenvalue weighted by Crippen LogP contribution is 2.40. The Hall–Kier alpha value is -2.19. The van der Waals surface area contributed by atoms with Gasteiger partial charge in [-0.1, -0.05) is 36.4 Å². The van der Waals surface area contributed by atoms with Crippen molar-refractivity contribution in [1.82, 2.24) is 0 Å². The molecule has 1 atom stereocenters. The Kier molecular flexibility index (Phi) is 4.91. The third-order valence-electron chi connectivity index (χ3n) is 3.83. The lowest BCUT2D eigenvalue weighted by Gasteiger charge is -2.15. The molecule has 0 radical (unpaired) electrons. The van der Waals surface area contributed by atoms with Gasteiger partial charge in [0, 0.05) is 5.56 Å². The first-order chi connectivity index (χ1) is 11.9. The summed E-state index contributed by atoms with van der Waals surface area (Å²) in [6, 6.07) is 15.9. The topological polar surface area (TPSA) is 89.6 Å². The van der Waals surface area contributed by atoms with Gasteiger partial charge in [0.2, 0.25) is 10.0 Å². The second kappa shape index (κ2) is 6.97. The standard InChI is InChI=1S/C18H17NO4S2/c1-23-15-8-7-13(17(20)12-5-3-2-4-6-12)11-14(15)18-16(9-10-24-18)25(19,21)22/h2-11,17,20H,1H3,(H2,19,21,22). The summed E-state index contributed by atoms with van der Waals surface area (Å²) < 4.78 is 29.0. The molecule has 5 nitrogen and oxygen atoms in total. The molecule has 1 heterocycles. The monoisotopic (exact) mass is 375 g/mol. The van der Waals surface area contributed by atoms with Gasteiger partial charge in [-0.05, 0) is 34.7 Å². The Morgan fingerprint density at radius 1 is 1.08 bits per heavy atom. The summed E-state index contributed by atoms with van der Waals surface area (Å²) in [5.41, 5.74) is 1.96. The van der Waals surface area contributed by atoms with Gasteiger partial charge in [-0.3, -0.25) is 0 Å². The van der Waals surface area contributed by atoms with Gasteiger partial charge in [0.05, 0.1) is 12.0 Å². The lowest BCUT2D eigenvalue weighted by atomic mass is 9.99. The molecule has 0 saturated carbocycles. The van der Waals surface area contributed by atoms with E-state index in [0.29, 0.717) is 21.8 Å². The molecule has 7 heteroatoms. The average Bonchev–Trinajstić information content (AvgIpc) is 3.11. The number of methoxy groups -OCH3 is 1. The summed E-state index contributed by atoms with van der Waals surface area (Å²) in [4.78, 5) is 0.531. The van der Waals surface area contributed by atoms with E-state index < -0.39 is 16.1 Å². The van der Waals surface area contributed by atoms with Crippen LogP contribution in [0.15, 0.2) is 64.9 Å². The third kappa shape index (κ3) is 3.59. The number of aliphatic hydroxyl groups excluding tert-OH is 1. The Balaban J connectivity index is 2.13. The molecule has 25 heavy (non-hydrogen) atoms. The number of hydrogen-bond donors (Lipinski definition) is 2. The van der Waals surface area contributed by atoms with Gasteiger partial charge in [-0.25, -0.2) is 13.6 Å². The Labute approximate surface area is 150 Å². The maximum atomic E-state index is 11.8. The number of sulfonamides is 1. The fourth-order valence-corrected chi connectivity index (χ4v) is 4.63. The van der Waals surface area contributed by atoms with Crippen molar-refractivity contribution in [2.24, 2.45) is 5.14 Å². The second-order valence-corrected chi connectivity index (χ2v) is 7.88. The predicted molar refractivity (Wildman–Crippen MR) is 98.2 cm³/mol. The van der Waals surface area contributed by atoms with Crippen LogP contribution < -0.4 is 9.88 Å². The van der Waals surface area contributed by atoms with Gasteiger partial charge < -0.3 is 9.84 Å². The lowest BCUT2D eigenvalue weighted by molar-refractivity contribution is 0.220. The average molecular weight is 375 g/mol. The van der Waals surface area contributed by atoms with Crippen molar-refractivity contribution < 1.29 is 18.3 Å². The zero-order valence-electron chi connectivity index (χ0n) is 13.4. The number of aliphatic hydroxyl groups is 1. The highest BCUT2D eigenvalue weighted by atomic mass is 32.2. The molecule has 0 amide bonds. The van der Waals surface area contributed by atoms with Crippen molar-refractivity contribution in [2.45, 2.75) is 11.0 Å². The molecule has 0 saturated heterocycles. The van der Waals surface area contributed by atoms with Crippen LogP contribution in [-0.4, -0.2) is 20.6 Å². The zero-order chi connectivity index (χ0) is 18.0. The first-order valence-corrected chi connectivity index (χ1v) is 9.86. The number of ether oxygens (including phenoxy) is 1. The molecule has 1 aromatic heterocycles. The zero-order valence-corrected chi connectivity index (χ0v) is 15.0. The van der Waals surface area contributed by atoms with E-state index >= 15 is 0 Å². The third-order valence-corrected chi connectivity index (χ3v) is 5.86. The predicted octanol–water partition coefficient (Wildman–Crippen LogP) is 3.15. The van der Waals surface area contributed by atoms with Crippen LogP contribution in [0.3, 0.4) is 0 Å². The smallest absolute Gasteiger partial charge is 0.239 e. The van der Waals surface area contributed by atoms with Gasteiger partial charge in [-0.2, -0.15) is 0 Å². The molecule has 130 valence electrons. The number of nitrogens with two attached hydrogens (primary N) is 1. The minimum absolute atomic E-state index is 0.0437. The quantitative estimate of drug-likeness (QED) is 0.717. The van der Waals surface area contributed by atoms with Gasteiger partial charge in [0.15, 0.2) is 0 Å². The number of thiophene rings is 1. The van der Waals surface area contributed by atoms with Crippen molar-refractivity contribution in [3.05, 3.63) is 71.1 Å². The molecule has 0 aliphatic carbocycles.